The zero-order valence-corrected chi connectivity index (χ0v) is 10.5. The molecule has 0 spiro atoms. The van der Waals surface area contributed by atoms with E-state index in [1.54, 1.807) is 0 Å². The summed E-state index contributed by atoms with van der Waals surface area (Å²) >= 11 is 0. The van der Waals surface area contributed by atoms with Crippen molar-refractivity contribution in [3.05, 3.63) is 33.9 Å². The second-order valence-electron chi connectivity index (χ2n) is 4.45. The first-order valence-corrected chi connectivity index (χ1v) is 5.90. The summed E-state index contributed by atoms with van der Waals surface area (Å²) in [4.78, 5) is 23.9. The predicted octanol–water partition coefficient (Wildman–Crippen LogP) is 0.919. The monoisotopic (exact) mass is 265 g/mol. The molecule has 1 atom stereocenters. The fourth-order valence-electron chi connectivity index (χ4n) is 2.18. The minimum absolute atomic E-state index is 0.00128. The zero-order chi connectivity index (χ0) is 14.0. The Morgan fingerprint density at radius 3 is 2.84 bits per heavy atom. The molecule has 7 heteroatoms. The number of methoxy groups -OCH3 is 1. The third kappa shape index (κ3) is 2.65. The molecule has 0 radical (unpaired) electrons. The summed E-state index contributed by atoms with van der Waals surface area (Å²) in [5, 5.41) is 11.0. The van der Waals surface area contributed by atoms with E-state index in [9.17, 15) is 14.9 Å². The molecule has 0 bridgehead atoms. The minimum atomic E-state index is -0.514. The second kappa shape index (κ2) is 5.23. The first kappa shape index (κ1) is 13.3. The molecule has 1 saturated heterocycles. The fourth-order valence-corrected chi connectivity index (χ4v) is 2.18. The van der Waals surface area contributed by atoms with Crippen LogP contribution in [-0.2, 0) is 4.74 Å². The molecule has 1 heterocycles. The Hall–Kier alpha value is -2.15. The maximum Gasteiger partial charge on any atom is 0.337 e. The van der Waals surface area contributed by atoms with E-state index >= 15 is 0 Å². The standard InChI is InChI=1S/C12H15N3O4/c1-19-12(16)8-2-3-10(15(17)18)11(6-8)14-5-4-9(13)7-14/h2-3,6,9H,4-5,7,13H2,1H3. The number of nitrogens with zero attached hydrogens (tertiary/aromatic N) is 2. The molecule has 1 aliphatic rings. The highest BCUT2D eigenvalue weighted by molar-refractivity contribution is 5.91. The maximum absolute atomic E-state index is 11.5. The normalized spacial score (nSPS) is 18.4. The van der Waals surface area contributed by atoms with Crippen molar-refractivity contribution in [3.8, 4) is 0 Å². The van der Waals surface area contributed by atoms with E-state index in [1.807, 2.05) is 4.90 Å². The number of ether oxygens (including phenoxy) is 1. The van der Waals surface area contributed by atoms with Gasteiger partial charge >= 0.3 is 5.97 Å². The van der Waals surface area contributed by atoms with Crippen molar-refractivity contribution in [2.24, 2.45) is 5.73 Å². The average molecular weight is 265 g/mol. The lowest BCUT2D eigenvalue weighted by Gasteiger charge is -2.18. The van der Waals surface area contributed by atoms with Gasteiger partial charge in [0.2, 0.25) is 0 Å². The lowest BCUT2D eigenvalue weighted by molar-refractivity contribution is -0.384. The first-order valence-electron chi connectivity index (χ1n) is 5.90. The second-order valence-corrected chi connectivity index (χ2v) is 4.45. The van der Waals surface area contributed by atoms with E-state index in [0.29, 0.717) is 24.3 Å². The van der Waals surface area contributed by atoms with Crippen LogP contribution < -0.4 is 10.6 Å². The molecule has 0 saturated carbocycles. The van der Waals surface area contributed by atoms with Gasteiger partial charge in [-0.2, -0.15) is 0 Å². The minimum Gasteiger partial charge on any atom is -0.465 e. The third-order valence-corrected chi connectivity index (χ3v) is 3.16. The number of nitro benzene ring substituents is 1. The van der Waals surface area contributed by atoms with E-state index in [4.69, 9.17) is 5.73 Å². The Labute approximate surface area is 110 Å². The molecular weight excluding hydrogens is 250 g/mol. The number of carbonyl (C=O) groups excluding carboxylic acids is 1. The van der Waals surface area contributed by atoms with Gasteiger partial charge in [-0.3, -0.25) is 10.1 Å². The summed E-state index contributed by atoms with van der Waals surface area (Å²) < 4.78 is 4.62. The number of anilines is 1. The van der Waals surface area contributed by atoms with E-state index in [2.05, 4.69) is 4.74 Å². The maximum atomic E-state index is 11.5. The SMILES string of the molecule is COC(=O)c1ccc([N+](=O)[O-])c(N2CCC(N)C2)c1. The highest BCUT2D eigenvalue weighted by atomic mass is 16.6. The average Bonchev–Trinajstić information content (AvgIpc) is 2.83. The highest BCUT2D eigenvalue weighted by Gasteiger charge is 2.26. The van der Waals surface area contributed by atoms with Gasteiger partial charge in [0, 0.05) is 25.2 Å². The molecule has 19 heavy (non-hydrogen) atoms. The lowest BCUT2D eigenvalue weighted by Crippen LogP contribution is -2.27. The highest BCUT2D eigenvalue weighted by Crippen LogP contribution is 2.31. The van der Waals surface area contributed by atoms with Crippen molar-refractivity contribution < 1.29 is 14.5 Å². The fraction of sp³-hybridized carbons (Fsp3) is 0.417. The van der Waals surface area contributed by atoms with Crippen LogP contribution in [0.1, 0.15) is 16.8 Å². The number of esters is 1. The van der Waals surface area contributed by atoms with E-state index in [1.165, 1.54) is 25.3 Å². The summed E-state index contributed by atoms with van der Waals surface area (Å²) in [6, 6.07) is 4.21. The van der Waals surface area contributed by atoms with Gasteiger partial charge in [-0.25, -0.2) is 4.79 Å². The van der Waals surface area contributed by atoms with Crippen LogP contribution in [0, 0.1) is 10.1 Å². The summed E-state index contributed by atoms with van der Waals surface area (Å²) in [7, 11) is 1.27. The van der Waals surface area contributed by atoms with Gasteiger partial charge in [-0.15, -0.1) is 0 Å². The van der Waals surface area contributed by atoms with Crippen LogP contribution >= 0.6 is 0 Å². The zero-order valence-electron chi connectivity index (χ0n) is 10.5. The summed E-state index contributed by atoms with van der Waals surface area (Å²) in [5.41, 5.74) is 6.50. The van der Waals surface area contributed by atoms with Crippen LogP contribution in [0.3, 0.4) is 0 Å². The van der Waals surface area contributed by atoms with Crippen molar-refractivity contribution in [1.29, 1.82) is 0 Å². The van der Waals surface area contributed by atoms with Crippen molar-refractivity contribution >= 4 is 17.3 Å². The van der Waals surface area contributed by atoms with Crippen LogP contribution in [0.15, 0.2) is 18.2 Å². The Bertz CT molecular complexity index is 518. The number of nitro groups is 1. The number of nitrogens with two attached hydrogens (primary N) is 1. The molecule has 2 rings (SSSR count). The quantitative estimate of drug-likeness (QED) is 0.495. The first-order chi connectivity index (χ1) is 9.02. The number of benzene rings is 1. The van der Waals surface area contributed by atoms with Crippen molar-refractivity contribution in [2.45, 2.75) is 12.5 Å². The summed E-state index contributed by atoms with van der Waals surface area (Å²) in [6.07, 6.45) is 0.777. The van der Waals surface area contributed by atoms with Gasteiger partial charge in [-0.1, -0.05) is 0 Å². The van der Waals surface area contributed by atoms with Gasteiger partial charge in [0.15, 0.2) is 0 Å². The van der Waals surface area contributed by atoms with E-state index in [0.717, 1.165) is 6.42 Å². The molecule has 0 aromatic heterocycles. The third-order valence-electron chi connectivity index (χ3n) is 3.16. The van der Waals surface area contributed by atoms with Crippen molar-refractivity contribution in [1.82, 2.24) is 0 Å². The Morgan fingerprint density at radius 2 is 2.32 bits per heavy atom. The number of hydrogen-bond donors (Lipinski definition) is 1. The molecule has 1 aromatic rings. The molecule has 102 valence electrons. The predicted molar refractivity (Wildman–Crippen MR) is 69.2 cm³/mol. The molecular formula is C12H15N3O4. The number of hydrogen-bond acceptors (Lipinski definition) is 6. The molecule has 1 aliphatic heterocycles. The largest absolute Gasteiger partial charge is 0.465 e. The molecule has 0 aliphatic carbocycles. The van der Waals surface area contributed by atoms with E-state index < -0.39 is 10.9 Å². The number of carbonyl (C=O) groups is 1. The molecule has 1 fully saturated rings. The number of rotatable bonds is 3. The molecule has 1 unspecified atom stereocenters. The van der Waals surface area contributed by atoms with Crippen molar-refractivity contribution in [2.75, 3.05) is 25.1 Å². The molecule has 7 nitrogen and oxygen atoms in total. The van der Waals surface area contributed by atoms with Crippen LogP contribution in [0.4, 0.5) is 11.4 Å². The van der Waals surface area contributed by atoms with Gasteiger partial charge < -0.3 is 15.4 Å². The Kier molecular flexibility index (Phi) is 3.66. The summed E-state index contributed by atoms with van der Waals surface area (Å²) in [6.45, 7) is 1.19. The van der Waals surface area contributed by atoms with Gasteiger partial charge in [0.25, 0.3) is 5.69 Å². The van der Waals surface area contributed by atoms with Gasteiger partial charge in [0.05, 0.1) is 17.6 Å². The molecule has 1 aromatic carbocycles. The van der Waals surface area contributed by atoms with E-state index in [-0.39, 0.29) is 11.7 Å². The molecule has 0 amide bonds. The topological polar surface area (TPSA) is 98.7 Å². The smallest absolute Gasteiger partial charge is 0.337 e. The lowest BCUT2D eigenvalue weighted by atomic mass is 10.1. The summed E-state index contributed by atoms with van der Waals surface area (Å²) in [5.74, 6) is -0.514. The molecule has 2 N–H and O–H groups in total. The van der Waals surface area contributed by atoms with Crippen LogP contribution in [0.25, 0.3) is 0 Å². The van der Waals surface area contributed by atoms with Gasteiger partial charge in [0.1, 0.15) is 5.69 Å². The van der Waals surface area contributed by atoms with Gasteiger partial charge in [-0.05, 0) is 18.6 Å². The Balaban J connectivity index is 2.42. The van der Waals surface area contributed by atoms with Crippen LogP contribution in [0.5, 0.6) is 0 Å². The van der Waals surface area contributed by atoms with Crippen LogP contribution in [0.2, 0.25) is 0 Å². The van der Waals surface area contributed by atoms with Crippen molar-refractivity contribution in [3.63, 3.8) is 0 Å². The Morgan fingerprint density at radius 1 is 1.58 bits per heavy atom. The van der Waals surface area contributed by atoms with Crippen LogP contribution in [-0.4, -0.2) is 37.1 Å².